The molecule has 1 saturated heterocycles. The fourth-order valence-electron chi connectivity index (χ4n) is 2.21. The van der Waals surface area contributed by atoms with Gasteiger partial charge >= 0.3 is 0 Å². The molecule has 0 radical (unpaired) electrons. The second-order valence-corrected chi connectivity index (χ2v) is 4.43. The van der Waals surface area contributed by atoms with Gasteiger partial charge in [0.2, 0.25) is 11.8 Å². The molecular formula is C12H23N3O2. The first-order valence-electron chi connectivity index (χ1n) is 6.44. The minimum absolute atomic E-state index is 0.0160. The number of carbonyl (C=O) groups is 2. The van der Waals surface area contributed by atoms with E-state index in [1.165, 1.54) is 0 Å². The normalized spacial score (nSPS) is 23.4. The van der Waals surface area contributed by atoms with Gasteiger partial charge in [-0.1, -0.05) is 6.92 Å². The third kappa shape index (κ3) is 3.70. The van der Waals surface area contributed by atoms with E-state index in [1.807, 2.05) is 13.8 Å². The predicted molar refractivity (Wildman–Crippen MR) is 66.6 cm³/mol. The maximum Gasteiger partial charge on any atom is 0.240 e. The maximum atomic E-state index is 12.0. The zero-order valence-electron chi connectivity index (χ0n) is 10.8. The smallest absolute Gasteiger partial charge is 0.240 e. The summed E-state index contributed by atoms with van der Waals surface area (Å²) in [7, 11) is 0. The van der Waals surface area contributed by atoms with Crippen LogP contribution in [0.2, 0.25) is 0 Å². The molecule has 5 nitrogen and oxygen atoms in total. The zero-order chi connectivity index (χ0) is 12.7. The molecule has 1 heterocycles. The highest BCUT2D eigenvalue weighted by Gasteiger charge is 2.38. The SMILES string of the molecule is CCNC(=O)CCNC(=O)C1(CC)CCCN1. The van der Waals surface area contributed by atoms with E-state index < -0.39 is 5.54 Å². The molecule has 0 saturated carbocycles. The summed E-state index contributed by atoms with van der Waals surface area (Å²) in [6, 6.07) is 0. The van der Waals surface area contributed by atoms with Crippen molar-refractivity contribution in [2.75, 3.05) is 19.6 Å². The third-order valence-corrected chi connectivity index (χ3v) is 3.29. The summed E-state index contributed by atoms with van der Waals surface area (Å²) < 4.78 is 0. The van der Waals surface area contributed by atoms with E-state index >= 15 is 0 Å². The van der Waals surface area contributed by atoms with Crippen molar-refractivity contribution in [1.29, 1.82) is 0 Å². The van der Waals surface area contributed by atoms with Crippen molar-refractivity contribution >= 4 is 11.8 Å². The molecule has 1 aliphatic rings. The molecule has 2 amide bonds. The molecule has 1 fully saturated rings. The molecular weight excluding hydrogens is 218 g/mol. The number of hydrogen-bond acceptors (Lipinski definition) is 3. The highest BCUT2D eigenvalue weighted by atomic mass is 16.2. The van der Waals surface area contributed by atoms with E-state index in [1.54, 1.807) is 0 Å². The Morgan fingerprint density at radius 1 is 1.29 bits per heavy atom. The van der Waals surface area contributed by atoms with Crippen LogP contribution in [0.5, 0.6) is 0 Å². The van der Waals surface area contributed by atoms with Crippen molar-refractivity contribution in [3.63, 3.8) is 0 Å². The Kier molecular flexibility index (Phi) is 5.41. The van der Waals surface area contributed by atoms with Crippen molar-refractivity contribution < 1.29 is 9.59 Å². The number of rotatable bonds is 6. The highest BCUT2D eigenvalue weighted by molar-refractivity contribution is 5.87. The monoisotopic (exact) mass is 241 g/mol. The highest BCUT2D eigenvalue weighted by Crippen LogP contribution is 2.22. The Balaban J connectivity index is 2.31. The van der Waals surface area contributed by atoms with Crippen LogP contribution >= 0.6 is 0 Å². The Morgan fingerprint density at radius 3 is 2.59 bits per heavy atom. The Bertz CT molecular complexity index is 273. The van der Waals surface area contributed by atoms with Crippen LogP contribution in [0, 0.1) is 0 Å². The van der Waals surface area contributed by atoms with E-state index in [4.69, 9.17) is 0 Å². The van der Waals surface area contributed by atoms with E-state index in [9.17, 15) is 9.59 Å². The second-order valence-electron chi connectivity index (χ2n) is 4.43. The summed E-state index contributed by atoms with van der Waals surface area (Å²) in [6.45, 7) is 5.84. The Labute approximate surface area is 103 Å². The molecule has 0 aromatic rings. The molecule has 1 atom stereocenters. The van der Waals surface area contributed by atoms with Crippen LogP contribution in [-0.2, 0) is 9.59 Å². The van der Waals surface area contributed by atoms with Crippen LogP contribution in [0.4, 0.5) is 0 Å². The molecule has 0 aromatic heterocycles. The standard InChI is InChI=1S/C12H23N3O2/c1-3-12(7-5-8-15-12)11(17)14-9-6-10(16)13-4-2/h15H,3-9H2,1-2H3,(H,13,16)(H,14,17). The molecule has 3 N–H and O–H groups in total. The molecule has 1 aliphatic heterocycles. The summed E-state index contributed by atoms with van der Waals surface area (Å²) >= 11 is 0. The Morgan fingerprint density at radius 2 is 2.06 bits per heavy atom. The summed E-state index contributed by atoms with van der Waals surface area (Å²) in [6.07, 6.45) is 3.06. The maximum absolute atomic E-state index is 12.0. The topological polar surface area (TPSA) is 70.2 Å². The molecule has 0 aromatic carbocycles. The van der Waals surface area contributed by atoms with Gasteiger partial charge in [0.15, 0.2) is 0 Å². The van der Waals surface area contributed by atoms with Gasteiger partial charge in [0.05, 0.1) is 5.54 Å². The number of amides is 2. The molecule has 17 heavy (non-hydrogen) atoms. The first kappa shape index (κ1) is 14.0. The fraction of sp³-hybridized carbons (Fsp3) is 0.833. The molecule has 1 rings (SSSR count). The van der Waals surface area contributed by atoms with Crippen LogP contribution in [0.15, 0.2) is 0 Å². The molecule has 0 bridgehead atoms. The molecule has 0 aliphatic carbocycles. The molecule has 98 valence electrons. The van der Waals surface area contributed by atoms with Crippen molar-refractivity contribution in [3.05, 3.63) is 0 Å². The summed E-state index contributed by atoms with van der Waals surface area (Å²) in [4.78, 5) is 23.2. The van der Waals surface area contributed by atoms with Gasteiger partial charge in [0.1, 0.15) is 0 Å². The fourth-order valence-corrected chi connectivity index (χ4v) is 2.21. The number of hydrogen-bond donors (Lipinski definition) is 3. The average Bonchev–Trinajstić information content (AvgIpc) is 2.79. The van der Waals surface area contributed by atoms with Crippen molar-refractivity contribution in [3.8, 4) is 0 Å². The quantitative estimate of drug-likeness (QED) is 0.620. The first-order valence-corrected chi connectivity index (χ1v) is 6.44. The van der Waals surface area contributed by atoms with Crippen molar-refractivity contribution in [2.24, 2.45) is 0 Å². The molecule has 5 heteroatoms. The summed E-state index contributed by atoms with van der Waals surface area (Å²) in [5, 5.41) is 8.82. The largest absolute Gasteiger partial charge is 0.356 e. The number of nitrogens with one attached hydrogen (secondary N) is 3. The average molecular weight is 241 g/mol. The first-order chi connectivity index (χ1) is 8.14. The third-order valence-electron chi connectivity index (χ3n) is 3.29. The predicted octanol–water partition coefficient (Wildman–Crippen LogP) is 0.161. The number of carbonyl (C=O) groups excluding carboxylic acids is 2. The van der Waals surface area contributed by atoms with E-state index in [0.717, 1.165) is 25.8 Å². The van der Waals surface area contributed by atoms with Crippen molar-refractivity contribution in [2.45, 2.75) is 45.1 Å². The van der Waals surface area contributed by atoms with E-state index in [0.29, 0.717) is 19.5 Å². The van der Waals surface area contributed by atoms with E-state index in [-0.39, 0.29) is 11.8 Å². The van der Waals surface area contributed by atoms with Gasteiger partial charge in [-0.3, -0.25) is 9.59 Å². The molecule has 0 spiro atoms. The van der Waals surface area contributed by atoms with Gasteiger partial charge in [0, 0.05) is 19.5 Å². The lowest BCUT2D eigenvalue weighted by molar-refractivity contribution is -0.127. The minimum Gasteiger partial charge on any atom is -0.356 e. The summed E-state index contributed by atoms with van der Waals surface area (Å²) in [5.74, 6) is 0.0135. The van der Waals surface area contributed by atoms with Crippen LogP contribution in [0.1, 0.15) is 39.5 Å². The summed E-state index contributed by atoms with van der Waals surface area (Å²) in [5.41, 5.74) is -0.402. The van der Waals surface area contributed by atoms with Gasteiger partial charge in [-0.25, -0.2) is 0 Å². The van der Waals surface area contributed by atoms with Crippen LogP contribution in [-0.4, -0.2) is 37.0 Å². The molecule has 1 unspecified atom stereocenters. The van der Waals surface area contributed by atoms with Gasteiger partial charge in [-0.2, -0.15) is 0 Å². The van der Waals surface area contributed by atoms with Gasteiger partial charge in [0.25, 0.3) is 0 Å². The lowest BCUT2D eigenvalue weighted by atomic mass is 9.93. The van der Waals surface area contributed by atoms with Gasteiger partial charge in [-0.05, 0) is 32.7 Å². The van der Waals surface area contributed by atoms with Crippen molar-refractivity contribution in [1.82, 2.24) is 16.0 Å². The zero-order valence-corrected chi connectivity index (χ0v) is 10.8. The van der Waals surface area contributed by atoms with Crippen LogP contribution in [0.3, 0.4) is 0 Å². The van der Waals surface area contributed by atoms with Gasteiger partial charge < -0.3 is 16.0 Å². The van der Waals surface area contributed by atoms with E-state index in [2.05, 4.69) is 16.0 Å². The lowest BCUT2D eigenvalue weighted by Gasteiger charge is -2.26. The Hall–Kier alpha value is -1.10. The minimum atomic E-state index is -0.402. The van der Waals surface area contributed by atoms with Crippen LogP contribution in [0.25, 0.3) is 0 Å². The van der Waals surface area contributed by atoms with Gasteiger partial charge in [-0.15, -0.1) is 0 Å². The second kappa shape index (κ2) is 6.59. The lowest BCUT2D eigenvalue weighted by Crippen LogP contribution is -2.53. The van der Waals surface area contributed by atoms with Crippen LogP contribution < -0.4 is 16.0 Å².